The van der Waals surface area contributed by atoms with Crippen LogP contribution in [0.1, 0.15) is 44.1 Å². The number of carbonyl (C=O) groups is 2. The van der Waals surface area contributed by atoms with Gasteiger partial charge in [-0.1, -0.05) is 23.7 Å². The minimum atomic E-state index is -0.200. The first-order valence-corrected chi connectivity index (χ1v) is 10.0. The number of ketones is 1. The Bertz CT molecular complexity index is 931. The van der Waals surface area contributed by atoms with Crippen LogP contribution < -0.4 is 9.64 Å². The second-order valence-electron chi connectivity index (χ2n) is 7.10. The Morgan fingerprint density at radius 1 is 1.04 bits per heavy atom. The minimum absolute atomic E-state index is 0.00894. The summed E-state index contributed by atoms with van der Waals surface area (Å²) in [5, 5.41) is 0.620. The minimum Gasteiger partial charge on any atom is -0.494 e. The largest absolute Gasteiger partial charge is 0.494 e. The molecular formula is C23H22ClNO3. The van der Waals surface area contributed by atoms with Gasteiger partial charge in [-0.15, -0.1) is 0 Å². The van der Waals surface area contributed by atoms with Crippen molar-refractivity contribution in [1.29, 1.82) is 0 Å². The van der Waals surface area contributed by atoms with E-state index in [1.165, 1.54) is 0 Å². The molecule has 4 rings (SSSR count). The fourth-order valence-electron chi connectivity index (χ4n) is 4.13. The zero-order valence-electron chi connectivity index (χ0n) is 15.8. The van der Waals surface area contributed by atoms with Crippen molar-refractivity contribution in [3.8, 4) is 5.75 Å². The quantitative estimate of drug-likeness (QED) is 0.708. The van der Waals surface area contributed by atoms with Crippen molar-refractivity contribution in [2.45, 2.75) is 38.5 Å². The summed E-state index contributed by atoms with van der Waals surface area (Å²) in [5.41, 5.74) is 3.37. The van der Waals surface area contributed by atoms with Gasteiger partial charge in [0.25, 0.3) is 0 Å². The molecule has 0 bridgehead atoms. The van der Waals surface area contributed by atoms with Crippen molar-refractivity contribution in [1.82, 2.24) is 0 Å². The molecule has 28 heavy (non-hydrogen) atoms. The molecule has 0 N–H and O–H groups in total. The number of nitrogens with zero attached hydrogens (tertiary/aromatic N) is 1. The summed E-state index contributed by atoms with van der Waals surface area (Å²) < 4.78 is 5.52. The molecule has 1 aliphatic heterocycles. The molecule has 2 aromatic rings. The molecule has 0 fully saturated rings. The van der Waals surface area contributed by atoms with Gasteiger partial charge in [0.1, 0.15) is 5.75 Å². The number of Topliss-reactive ketones (excluding diaryl/α,β-unsaturated/α-hetero) is 1. The van der Waals surface area contributed by atoms with Crippen LogP contribution in [0.15, 0.2) is 59.8 Å². The fraction of sp³-hybridized carbons (Fsp3) is 0.304. The number of ether oxygens (including phenoxy) is 1. The van der Waals surface area contributed by atoms with E-state index in [0.717, 1.165) is 41.1 Å². The molecular weight excluding hydrogens is 374 g/mol. The van der Waals surface area contributed by atoms with Crippen LogP contribution in [0.25, 0.3) is 0 Å². The SMILES string of the molecule is CCOc1ccc(C2CC(=O)N(c3ccc(Cl)cc3)C3=C2C(=O)CCC3)cc1. The van der Waals surface area contributed by atoms with Crippen molar-refractivity contribution in [3.63, 3.8) is 0 Å². The first-order valence-electron chi connectivity index (χ1n) is 9.66. The molecule has 144 valence electrons. The van der Waals surface area contributed by atoms with Gasteiger partial charge in [0.2, 0.25) is 5.91 Å². The summed E-state index contributed by atoms with van der Waals surface area (Å²) in [6.07, 6.45) is 2.31. The summed E-state index contributed by atoms with van der Waals surface area (Å²) in [4.78, 5) is 27.7. The van der Waals surface area contributed by atoms with Crippen LogP contribution >= 0.6 is 11.6 Å². The Hall–Kier alpha value is -2.59. The molecule has 1 atom stereocenters. The van der Waals surface area contributed by atoms with Crippen LogP contribution in [0.3, 0.4) is 0 Å². The highest BCUT2D eigenvalue weighted by molar-refractivity contribution is 6.30. The molecule has 0 aromatic heterocycles. The van der Waals surface area contributed by atoms with Crippen LogP contribution in [-0.2, 0) is 9.59 Å². The lowest BCUT2D eigenvalue weighted by Crippen LogP contribution is -2.40. The van der Waals surface area contributed by atoms with Gasteiger partial charge in [0.15, 0.2) is 5.78 Å². The predicted octanol–water partition coefficient (Wildman–Crippen LogP) is 5.27. The zero-order valence-corrected chi connectivity index (χ0v) is 16.5. The van der Waals surface area contributed by atoms with Gasteiger partial charge in [-0.25, -0.2) is 0 Å². The molecule has 5 heteroatoms. The Kier molecular flexibility index (Phi) is 5.23. The highest BCUT2D eigenvalue weighted by atomic mass is 35.5. The summed E-state index contributed by atoms with van der Waals surface area (Å²) in [6.45, 7) is 2.54. The molecule has 1 unspecified atom stereocenters. The average Bonchev–Trinajstić information content (AvgIpc) is 2.69. The van der Waals surface area contributed by atoms with Gasteiger partial charge in [-0.2, -0.15) is 0 Å². The molecule has 0 radical (unpaired) electrons. The first-order chi connectivity index (χ1) is 13.6. The number of carbonyl (C=O) groups excluding carboxylic acids is 2. The van der Waals surface area contributed by atoms with Crippen molar-refractivity contribution >= 4 is 29.0 Å². The van der Waals surface area contributed by atoms with E-state index < -0.39 is 0 Å². The maximum absolute atomic E-state index is 13.1. The number of rotatable bonds is 4. The zero-order chi connectivity index (χ0) is 19.7. The summed E-state index contributed by atoms with van der Waals surface area (Å²) in [7, 11) is 0. The third-order valence-corrected chi connectivity index (χ3v) is 5.61. The lowest BCUT2D eigenvalue weighted by atomic mass is 9.77. The van der Waals surface area contributed by atoms with Crippen molar-refractivity contribution < 1.29 is 14.3 Å². The molecule has 2 aliphatic rings. The normalized spacial score (nSPS) is 19.6. The molecule has 1 amide bonds. The van der Waals surface area contributed by atoms with Gasteiger partial charge < -0.3 is 4.74 Å². The highest BCUT2D eigenvalue weighted by Gasteiger charge is 2.39. The predicted molar refractivity (Wildman–Crippen MR) is 110 cm³/mol. The van der Waals surface area contributed by atoms with Gasteiger partial charge in [-0.3, -0.25) is 14.5 Å². The second kappa shape index (κ2) is 7.80. The van der Waals surface area contributed by atoms with E-state index in [9.17, 15) is 9.59 Å². The van der Waals surface area contributed by atoms with Crippen molar-refractivity contribution in [2.75, 3.05) is 11.5 Å². The third kappa shape index (κ3) is 3.45. The van der Waals surface area contributed by atoms with Crippen molar-refractivity contribution in [3.05, 3.63) is 70.4 Å². The van der Waals surface area contributed by atoms with Gasteiger partial charge in [-0.05, 0) is 61.7 Å². The number of benzene rings is 2. The van der Waals surface area contributed by atoms with Gasteiger partial charge in [0, 0.05) is 40.7 Å². The van der Waals surface area contributed by atoms with E-state index in [0.29, 0.717) is 18.1 Å². The maximum atomic E-state index is 13.1. The summed E-state index contributed by atoms with van der Waals surface area (Å²) >= 11 is 6.01. The average molecular weight is 396 g/mol. The topological polar surface area (TPSA) is 46.6 Å². The number of hydrogen-bond donors (Lipinski definition) is 0. The van der Waals surface area contributed by atoms with Crippen LogP contribution in [0, 0.1) is 0 Å². The van der Waals surface area contributed by atoms with Crippen LogP contribution in [0.2, 0.25) is 5.02 Å². The fourth-order valence-corrected chi connectivity index (χ4v) is 4.26. The maximum Gasteiger partial charge on any atom is 0.232 e. The Morgan fingerprint density at radius 2 is 1.75 bits per heavy atom. The molecule has 0 saturated heterocycles. The Morgan fingerprint density at radius 3 is 2.43 bits per heavy atom. The number of hydrogen-bond acceptors (Lipinski definition) is 3. The monoisotopic (exact) mass is 395 g/mol. The van der Waals surface area contributed by atoms with E-state index in [4.69, 9.17) is 16.3 Å². The van der Waals surface area contributed by atoms with E-state index in [2.05, 4.69) is 0 Å². The molecule has 0 saturated carbocycles. The lowest BCUT2D eigenvalue weighted by molar-refractivity contribution is -0.119. The molecule has 1 heterocycles. The summed E-state index contributed by atoms with van der Waals surface area (Å²) in [5.74, 6) is 0.746. The van der Waals surface area contributed by atoms with Gasteiger partial charge in [0.05, 0.1) is 6.61 Å². The van der Waals surface area contributed by atoms with Crippen LogP contribution in [0.5, 0.6) is 5.75 Å². The van der Waals surface area contributed by atoms with E-state index in [1.807, 2.05) is 43.3 Å². The smallest absolute Gasteiger partial charge is 0.232 e. The Balaban J connectivity index is 1.77. The van der Waals surface area contributed by atoms with Crippen molar-refractivity contribution in [2.24, 2.45) is 0 Å². The second-order valence-corrected chi connectivity index (χ2v) is 7.54. The van der Waals surface area contributed by atoms with Crippen LogP contribution in [0.4, 0.5) is 5.69 Å². The standard InChI is InChI=1S/C23H22ClNO3/c1-2-28-18-12-6-15(7-13-18)19-14-22(27)25(17-10-8-16(24)9-11-17)20-4-3-5-21(26)23(19)20/h6-13,19H,2-5,14H2,1H3. The third-order valence-electron chi connectivity index (χ3n) is 5.35. The van der Waals surface area contributed by atoms with Crippen LogP contribution in [-0.4, -0.2) is 18.3 Å². The van der Waals surface area contributed by atoms with E-state index in [-0.39, 0.29) is 24.0 Å². The Labute approximate surface area is 169 Å². The molecule has 0 spiro atoms. The molecule has 2 aromatic carbocycles. The summed E-state index contributed by atoms with van der Waals surface area (Å²) in [6, 6.07) is 15.0. The first kappa shape index (κ1) is 18.8. The molecule has 1 aliphatic carbocycles. The number of allylic oxidation sites excluding steroid dienone is 2. The van der Waals surface area contributed by atoms with E-state index >= 15 is 0 Å². The number of anilines is 1. The lowest BCUT2D eigenvalue weighted by Gasteiger charge is -2.38. The number of amides is 1. The van der Waals surface area contributed by atoms with E-state index in [1.54, 1.807) is 17.0 Å². The van der Waals surface area contributed by atoms with Gasteiger partial charge >= 0.3 is 0 Å². The highest BCUT2D eigenvalue weighted by Crippen LogP contribution is 2.43. The molecule has 4 nitrogen and oxygen atoms in total. The number of halogens is 1.